The molecule has 2 amide bonds. The number of ether oxygens (including phenoxy) is 1. The van der Waals surface area contributed by atoms with Crippen molar-refractivity contribution in [3.8, 4) is 17.1 Å². The summed E-state index contributed by atoms with van der Waals surface area (Å²) in [7, 11) is 1.49. The number of anilines is 3. The molecule has 1 aromatic carbocycles. The fourth-order valence-electron chi connectivity index (χ4n) is 4.57. The van der Waals surface area contributed by atoms with Crippen LogP contribution in [0.1, 0.15) is 58.1 Å². The van der Waals surface area contributed by atoms with Gasteiger partial charge in [0.25, 0.3) is 5.91 Å². The number of benzene rings is 1. The quantitative estimate of drug-likeness (QED) is 0.364. The van der Waals surface area contributed by atoms with Crippen LogP contribution in [-0.2, 0) is 4.79 Å². The highest BCUT2D eigenvalue weighted by molar-refractivity contribution is 6.01. The van der Waals surface area contributed by atoms with Gasteiger partial charge in [-0.15, -0.1) is 0 Å². The monoisotopic (exact) mass is 505 g/mol. The Bertz CT molecular complexity index is 1410. The zero-order valence-corrected chi connectivity index (χ0v) is 20.3. The molecule has 2 heterocycles. The van der Waals surface area contributed by atoms with Crippen molar-refractivity contribution in [3.05, 3.63) is 54.0 Å². The highest BCUT2D eigenvalue weighted by Crippen LogP contribution is 2.39. The molecule has 4 N–H and O–H groups in total. The van der Waals surface area contributed by atoms with E-state index >= 15 is 0 Å². The molecule has 2 aromatic heterocycles. The first-order valence-electron chi connectivity index (χ1n) is 13.7. The first-order chi connectivity index (χ1) is 19.1. The Kier molecular flexibility index (Phi) is 5.99. The topological polar surface area (TPSA) is 138 Å². The van der Waals surface area contributed by atoms with E-state index in [0.717, 1.165) is 31.2 Å². The number of pyridine rings is 1. The first-order valence-corrected chi connectivity index (χ1v) is 12.2. The molecule has 0 spiro atoms. The maximum Gasteiger partial charge on any atom is 0.254 e. The molecule has 2 atom stereocenters. The maximum absolute atomic E-state index is 12.8. The summed E-state index contributed by atoms with van der Waals surface area (Å²) in [4.78, 5) is 38.4. The number of aliphatic hydroxyl groups excluding tert-OH is 1. The van der Waals surface area contributed by atoms with E-state index in [9.17, 15) is 14.7 Å². The molecule has 192 valence electrons. The van der Waals surface area contributed by atoms with E-state index < -0.39 is 12.9 Å². The number of nitrogens with one attached hydrogen (secondary N) is 3. The van der Waals surface area contributed by atoms with Crippen LogP contribution >= 0.6 is 0 Å². The van der Waals surface area contributed by atoms with Crippen molar-refractivity contribution in [1.82, 2.24) is 20.3 Å². The Hall–Kier alpha value is -4.05. The zero-order chi connectivity index (χ0) is 28.4. The smallest absolute Gasteiger partial charge is 0.254 e. The lowest BCUT2D eigenvalue weighted by molar-refractivity contribution is -0.117. The number of nitrogens with zero attached hydrogens (tertiary/aromatic N) is 3. The van der Waals surface area contributed by atoms with Crippen molar-refractivity contribution in [1.29, 1.82) is 0 Å². The van der Waals surface area contributed by atoms with Crippen LogP contribution in [0.2, 0.25) is 0 Å². The summed E-state index contributed by atoms with van der Waals surface area (Å²) >= 11 is 0. The van der Waals surface area contributed by atoms with Crippen molar-refractivity contribution >= 4 is 29.0 Å². The van der Waals surface area contributed by atoms with Crippen LogP contribution in [0.15, 0.2) is 42.9 Å². The Morgan fingerprint density at radius 1 is 1.08 bits per heavy atom. The van der Waals surface area contributed by atoms with Crippen LogP contribution in [0.25, 0.3) is 11.4 Å². The minimum Gasteiger partial charge on any atom is -0.494 e. The number of aliphatic hydroxyl groups is 1. The van der Waals surface area contributed by atoms with Gasteiger partial charge < -0.3 is 25.8 Å². The third-order valence-electron chi connectivity index (χ3n) is 6.74. The third-order valence-corrected chi connectivity index (χ3v) is 6.74. The lowest BCUT2D eigenvalue weighted by Gasteiger charge is -2.17. The summed E-state index contributed by atoms with van der Waals surface area (Å²) in [6.07, 6.45) is 8.41. The number of amides is 2. The number of carbonyl (C=O) groups is 2. The van der Waals surface area contributed by atoms with E-state index in [1.54, 1.807) is 30.6 Å². The van der Waals surface area contributed by atoms with Gasteiger partial charge >= 0.3 is 0 Å². The fourth-order valence-corrected chi connectivity index (χ4v) is 4.57. The highest BCUT2D eigenvalue weighted by Gasteiger charge is 2.30. The van der Waals surface area contributed by atoms with Crippen LogP contribution in [0.4, 0.5) is 17.2 Å². The number of aromatic nitrogens is 3. The summed E-state index contributed by atoms with van der Waals surface area (Å²) in [5.74, 6) is 0.185. The number of carbonyl (C=O) groups excluding carboxylic acids is 2. The lowest BCUT2D eigenvalue weighted by Crippen LogP contribution is -2.20. The van der Waals surface area contributed by atoms with Gasteiger partial charge in [0.05, 0.1) is 35.7 Å². The summed E-state index contributed by atoms with van der Waals surface area (Å²) < 4.78 is 28.0. The average Bonchev–Trinajstić information content (AvgIpc) is 3.68. The Morgan fingerprint density at radius 3 is 2.57 bits per heavy atom. The second-order valence-corrected chi connectivity index (χ2v) is 9.35. The van der Waals surface area contributed by atoms with Crippen LogP contribution in [0.5, 0.6) is 5.75 Å². The van der Waals surface area contributed by atoms with Crippen LogP contribution in [0, 0.1) is 5.92 Å². The molecule has 3 aromatic rings. The Labute approximate surface area is 219 Å². The van der Waals surface area contributed by atoms with Gasteiger partial charge in [0.2, 0.25) is 5.91 Å². The molecular formula is C27H30N6O4. The minimum atomic E-state index is -2.70. The maximum atomic E-state index is 12.8. The molecule has 2 aliphatic rings. The number of rotatable bonds is 8. The molecule has 10 heteroatoms. The van der Waals surface area contributed by atoms with Crippen molar-refractivity contribution in [3.63, 3.8) is 0 Å². The van der Waals surface area contributed by atoms with Crippen LogP contribution in [-0.4, -0.2) is 52.1 Å². The lowest BCUT2D eigenvalue weighted by atomic mass is 10.0. The highest BCUT2D eigenvalue weighted by atomic mass is 16.5. The zero-order valence-electron chi connectivity index (χ0n) is 23.3. The number of methoxy groups -OCH3 is 1. The normalized spacial score (nSPS) is 20.3. The van der Waals surface area contributed by atoms with E-state index in [1.165, 1.54) is 19.4 Å². The molecular weight excluding hydrogens is 472 g/mol. The van der Waals surface area contributed by atoms with E-state index in [-0.39, 0.29) is 40.9 Å². The first kappa shape index (κ1) is 21.1. The Balaban J connectivity index is 1.46. The SMILES string of the molecule is [2H]C([2H])([2H])NC(=O)c1cnc(NC(=O)C2CC2)cc1Nc1cccc(-c2ncc(C3CCC(O)C3)cn2)c1OC. The van der Waals surface area contributed by atoms with E-state index in [0.29, 0.717) is 29.2 Å². The van der Waals surface area contributed by atoms with E-state index in [2.05, 4.69) is 25.6 Å². The van der Waals surface area contributed by atoms with E-state index in [1.807, 2.05) is 5.32 Å². The molecule has 2 aliphatic carbocycles. The van der Waals surface area contributed by atoms with Gasteiger partial charge in [-0.3, -0.25) is 9.59 Å². The largest absolute Gasteiger partial charge is 0.494 e. The van der Waals surface area contributed by atoms with Crippen molar-refractivity contribution in [2.24, 2.45) is 5.92 Å². The molecule has 0 aliphatic heterocycles. The molecule has 10 nitrogen and oxygen atoms in total. The van der Waals surface area contributed by atoms with Crippen molar-refractivity contribution in [2.45, 2.75) is 44.1 Å². The number of hydrogen-bond acceptors (Lipinski definition) is 8. The van der Waals surface area contributed by atoms with Gasteiger partial charge in [0, 0.05) is 41.7 Å². The van der Waals surface area contributed by atoms with Gasteiger partial charge in [0.1, 0.15) is 5.82 Å². The molecule has 5 rings (SSSR count). The third kappa shape index (κ3) is 5.39. The van der Waals surface area contributed by atoms with Gasteiger partial charge in [-0.1, -0.05) is 6.07 Å². The van der Waals surface area contributed by atoms with Crippen molar-refractivity contribution in [2.75, 3.05) is 24.7 Å². The van der Waals surface area contributed by atoms with Gasteiger partial charge in [-0.05, 0) is 55.7 Å². The number of hydrogen-bond donors (Lipinski definition) is 4. The molecule has 2 fully saturated rings. The second-order valence-electron chi connectivity index (χ2n) is 9.35. The van der Waals surface area contributed by atoms with E-state index in [4.69, 9.17) is 8.85 Å². The summed E-state index contributed by atoms with van der Waals surface area (Å²) in [6.45, 7) is -2.70. The fraction of sp³-hybridized carbons (Fsp3) is 0.370. The number of para-hydroxylation sites is 1. The molecule has 2 unspecified atom stereocenters. The predicted octanol–water partition coefficient (Wildman–Crippen LogP) is 3.63. The molecule has 0 radical (unpaired) electrons. The molecule has 37 heavy (non-hydrogen) atoms. The summed E-state index contributed by atoms with van der Waals surface area (Å²) in [5, 5.41) is 17.7. The second kappa shape index (κ2) is 10.5. The van der Waals surface area contributed by atoms with Gasteiger partial charge in [-0.25, -0.2) is 15.0 Å². The summed E-state index contributed by atoms with van der Waals surface area (Å²) in [5.41, 5.74) is 2.20. The molecule has 2 saturated carbocycles. The van der Waals surface area contributed by atoms with Crippen molar-refractivity contribution < 1.29 is 23.5 Å². The van der Waals surface area contributed by atoms with Gasteiger partial charge in [0.15, 0.2) is 11.6 Å². The Morgan fingerprint density at radius 2 is 1.89 bits per heavy atom. The summed E-state index contributed by atoms with van der Waals surface area (Å²) in [6, 6.07) is 6.77. The predicted molar refractivity (Wildman–Crippen MR) is 139 cm³/mol. The van der Waals surface area contributed by atoms with Gasteiger partial charge in [-0.2, -0.15) is 0 Å². The average molecular weight is 506 g/mol. The molecule has 0 bridgehead atoms. The standard InChI is InChI=1S/C27H30N6O4/c1-28-27(36)20-14-29-23(33-26(35)15-6-7-15)11-22(20)32-21-5-3-4-19(24(21)37-2)25-30-12-17(13-31-25)16-8-9-18(34)10-16/h3-5,11-16,18,34H,6-10H2,1-2H3,(H,28,36)(H2,29,32,33,35)/i1D3. The van der Waals surface area contributed by atoms with Crippen LogP contribution < -0.4 is 20.7 Å². The minimum absolute atomic E-state index is 0.0349. The molecule has 0 saturated heterocycles. The van der Waals surface area contributed by atoms with Crippen LogP contribution in [0.3, 0.4) is 0 Å².